The van der Waals surface area contributed by atoms with Gasteiger partial charge >= 0.3 is 0 Å². The Bertz CT molecular complexity index is 453. The average Bonchev–Trinajstić information content (AvgIpc) is 2.89. The molecule has 0 aromatic heterocycles. The van der Waals surface area contributed by atoms with Gasteiger partial charge in [-0.1, -0.05) is 34.1 Å². The predicted molar refractivity (Wildman–Crippen MR) is 77.6 cm³/mol. The molecule has 4 nitrogen and oxygen atoms in total. The summed E-state index contributed by atoms with van der Waals surface area (Å²) < 4.78 is 6.65. The zero-order valence-electron chi connectivity index (χ0n) is 11.0. The number of likely N-dealkylation sites (N-methyl/N-ethyl adjacent to an activating group) is 1. The fourth-order valence-electron chi connectivity index (χ4n) is 2.27. The molecule has 2 rings (SSSR count). The third-order valence-electron chi connectivity index (χ3n) is 3.39. The number of benzene rings is 1. The van der Waals surface area contributed by atoms with E-state index in [-0.39, 0.29) is 18.1 Å². The van der Waals surface area contributed by atoms with Crippen LogP contribution in [-0.2, 0) is 16.1 Å². The van der Waals surface area contributed by atoms with Crippen LogP contribution in [0, 0.1) is 0 Å². The average molecular weight is 327 g/mol. The van der Waals surface area contributed by atoms with E-state index in [0.29, 0.717) is 13.1 Å². The van der Waals surface area contributed by atoms with Gasteiger partial charge in [-0.3, -0.25) is 4.79 Å². The predicted octanol–water partition coefficient (Wildman–Crippen LogP) is 1.91. The van der Waals surface area contributed by atoms with Gasteiger partial charge in [0.05, 0.1) is 6.10 Å². The van der Waals surface area contributed by atoms with Crippen LogP contribution in [0.25, 0.3) is 0 Å². The molecule has 1 aromatic rings. The summed E-state index contributed by atoms with van der Waals surface area (Å²) in [7, 11) is 1.81. The number of halogens is 1. The summed E-state index contributed by atoms with van der Waals surface area (Å²) in [4.78, 5) is 14.0. The second-order valence-electron chi connectivity index (χ2n) is 4.85. The Balaban J connectivity index is 1.95. The van der Waals surface area contributed by atoms with E-state index in [0.717, 1.165) is 22.9 Å². The van der Waals surface area contributed by atoms with Crippen molar-refractivity contribution in [3.63, 3.8) is 0 Å². The van der Waals surface area contributed by atoms with Crippen molar-refractivity contribution < 1.29 is 9.53 Å². The lowest BCUT2D eigenvalue weighted by molar-refractivity contribution is -0.141. The number of ether oxygens (including phenoxy) is 1. The Morgan fingerprint density at radius 1 is 1.47 bits per heavy atom. The van der Waals surface area contributed by atoms with Crippen molar-refractivity contribution >= 4 is 21.8 Å². The van der Waals surface area contributed by atoms with Crippen LogP contribution < -0.4 is 5.73 Å². The zero-order valence-corrected chi connectivity index (χ0v) is 12.6. The van der Waals surface area contributed by atoms with E-state index in [2.05, 4.69) is 15.9 Å². The van der Waals surface area contributed by atoms with E-state index < -0.39 is 0 Å². The fourth-order valence-corrected chi connectivity index (χ4v) is 2.68. The third-order valence-corrected chi connectivity index (χ3v) is 4.16. The van der Waals surface area contributed by atoms with Crippen LogP contribution in [0.5, 0.6) is 0 Å². The fraction of sp³-hybridized carbons (Fsp3) is 0.500. The number of carbonyl (C=O) groups is 1. The highest BCUT2D eigenvalue weighted by Gasteiger charge is 2.31. The molecule has 2 atom stereocenters. The Labute approximate surface area is 122 Å². The topological polar surface area (TPSA) is 55.6 Å². The van der Waals surface area contributed by atoms with Crippen LogP contribution in [0.1, 0.15) is 18.4 Å². The highest BCUT2D eigenvalue weighted by atomic mass is 79.9. The van der Waals surface area contributed by atoms with Crippen molar-refractivity contribution in [2.75, 3.05) is 13.6 Å². The molecule has 2 unspecified atom stereocenters. The number of nitrogens with zero attached hydrogens (tertiary/aromatic N) is 1. The highest BCUT2D eigenvalue weighted by Crippen LogP contribution is 2.22. The number of hydrogen-bond donors (Lipinski definition) is 1. The Morgan fingerprint density at radius 2 is 2.21 bits per heavy atom. The molecule has 0 aliphatic carbocycles. The summed E-state index contributed by atoms with van der Waals surface area (Å²) in [6.45, 7) is 1.06. The molecule has 1 saturated heterocycles. The summed E-state index contributed by atoms with van der Waals surface area (Å²) in [6.07, 6.45) is 1.34. The Hall–Kier alpha value is -0.910. The molecule has 104 valence electrons. The van der Waals surface area contributed by atoms with Crippen molar-refractivity contribution in [3.8, 4) is 0 Å². The van der Waals surface area contributed by atoms with E-state index in [1.165, 1.54) is 0 Å². The highest BCUT2D eigenvalue weighted by molar-refractivity contribution is 9.10. The number of hydrogen-bond acceptors (Lipinski definition) is 3. The number of rotatable bonds is 4. The molecule has 5 heteroatoms. The lowest BCUT2D eigenvalue weighted by Crippen LogP contribution is -2.36. The van der Waals surface area contributed by atoms with Crippen LogP contribution in [0.3, 0.4) is 0 Å². The van der Waals surface area contributed by atoms with Gasteiger partial charge in [0.2, 0.25) is 0 Å². The molecule has 1 aliphatic rings. The van der Waals surface area contributed by atoms with E-state index in [1.807, 2.05) is 24.3 Å². The van der Waals surface area contributed by atoms with Crippen molar-refractivity contribution in [1.82, 2.24) is 4.90 Å². The molecule has 0 saturated carbocycles. The maximum absolute atomic E-state index is 12.3. The summed E-state index contributed by atoms with van der Waals surface area (Å²) >= 11 is 3.49. The van der Waals surface area contributed by atoms with Gasteiger partial charge in [-0.25, -0.2) is 0 Å². The molecular weight excluding hydrogens is 308 g/mol. The maximum Gasteiger partial charge on any atom is 0.251 e. The molecule has 0 bridgehead atoms. The molecule has 1 aromatic carbocycles. The van der Waals surface area contributed by atoms with Crippen LogP contribution >= 0.6 is 15.9 Å². The first-order valence-corrected chi connectivity index (χ1v) is 7.25. The summed E-state index contributed by atoms with van der Waals surface area (Å²) in [5.74, 6) is 0.0340. The van der Waals surface area contributed by atoms with Crippen LogP contribution in [0.4, 0.5) is 0 Å². The maximum atomic E-state index is 12.3. The minimum atomic E-state index is -0.332. The van der Waals surface area contributed by atoms with Gasteiger partial charge < -0.3 is 15.4 Å². The van der Waals surface area contributed by atoms with Gasteiger partial charge in [0.25, 0.3) is 5.91 Å². The first-order valence-electron chi connectivity index (χ1n) is 6.45. The lowest BCUT2D eigenvalue weighted by atomic mass is 10.1. The minimum Gasteiger partial charge on any atom is -0.364 e. The minimum absolute atomic E-state index is 0.0332. The first-order chi connectivity index (χ1) is 9.11. The summed E-state index contributed by atoms with van der Waals surface area (Å²) in [5.41, 5.74) is 6.65. The van der Waals surface area contributed by atoms with Crippen molar-refractivity contribution in [1.29, 1.82) is 0 Å². The normalized spacial score (nSPS) is 22.5. The third kappa shape index (κ3) is 3.55. The molecular formula is C14H19BrN2O2. The van der Waals surface area contributed by atoms with Gasteiger partial charge in [0, 0.05) is 24.6 Å². The zero-order chi connectivity index (χ0) is 13.8. The summed E-state index contributed by atoms with van der Waals surface area (Å²) in [5, 5.41) is 0. The van der Waals surface area contributed by atoms with E-state index in [9.17, 15) is 4.79 Å². The number of amides is 1. The largest absolute Gasteiger partial charge is 0.364 e. The molecule has 1 fully saturated rings. The van der Waals surface area contributed by atoms with Crippen molar-refractivity contribution in [2.45, 2.75) is 31.6 Å². The summed E-state index contributed by atoms with van der Waals surface area (Å²) in [6, 6.07) is 7.91. The lowest BCUT2D eigenvalue weighted by Gasteiger charge is -2.22. The standard InChI is InChI=1S/C14H19BrN2O2/c1-17(9-10-4-2-3-5-12(10)15)14(18)13-7-6-11(8-16)19-13/h2-5,11,13H,6-9,16H2,1H3. The Kier molecular flexibility index (Phi) is 4.96. The molecule has 0 radical (unpaired) electrons. The molecule has 1 heterocycles. The second kappa shape index (κ2) is 6.50. The molecule has 1 amide bonds. The van der Waals surface area contributed by atoms with Crippen LogP contribution in [-0.4, -0.2) is 36.6 Å². The van der Waals surface area contributed by atoms with Gasteiger partial charge in [0.15, 0.2) is 0 Å². The molecule has 2 N–H and O–H groups in total. The second-order valence-corrected chi connectivity index (χ2v) is 5.70. The number of nitrogens with two attached hydrogens (primary N) is 1. The molecule has 19 heavy (non-hydrogen) atoms. The first kappa shape index (κ1) is 14.5. The van der Waals surface area contributed by atoms with Crippen LogP contribution in [0.2, 0.25) is 0 Å². The molecule has 1 aliphatic heterocycles. The molecule has 0 spiro atoms. The van der Waals surface area contributed by atoms with E-state index in [1.54, 1.807) is 11.9 Å². The van der Waals surface area contributed by atoms with Crippen molar-refractivity contribution in [2.24, 2.45) is 5.73 Å². The quantitative estimate of drug-likeness (QED) is 0.919. The van der Waals surface area contributed by atoms with Crippen molar-refractivity contribution in [3.05, 3.63) is 34.3 Å². The van der Waals surface area contributed by atoms with Crippen LogP contribution in [0.15, 0.2) is 28.7 Å². The monoisotopic (exact) mass is 326 g/mol. The SMILES string of the molecule is CN(Cc1ccccc1Br)C(=O)C1CCC(CN)O1. The van der Waals surface area contributed by atoms with Gasteiger partial charge in [0.1, 0.15) is 6.10 Å². The number of carbonyl (C=O) groups excluding carboxylic acids is 1. The van der Waals surface area contributed by atoms with E-state index >= 15 is 0 Å². The van der Waals surface area contributed by atoms with Gasteiger partial charge in [-0.15, -0.1) is 0 Å². The smallest absolute Gasteiger partial charge is 0.251 e. The Morgan fingerprint density at radius 3 is 2.84 bits per heavy atom. The van der Waals surface area contributed by atoms with Gasteiger partial charge in [-0.2, -0.15) is 0 Å². The van der Waals surface area contributed by atoms with E-state index in [4.69, 9.17) is 10.5 Å². The van der Waals surface area contributed by atoms with Gasteiger partial charge in [-0.05, 0) is 24.5 Å².